The van der Waals surface area contributed by atoms with Crippen LogP contribution in [0.1, 0.15) is 44.7 Å². The van der Waals surface area contributed by atoms with Crippen molar-refractivity contribution in [3.8, 4) is 0 Å². The summed E-state index contributed by atoms with van der Waals surface area (Å²) in [6.45, 7) is 6.73. The maximum absolute atomic E-state index is 13.2. The molecule has 140 valence electrons. The molecule has 2 aromatic carbocycles. The molecule has 0 radical (unpaired) electrons. The van der Waals surface area contributed by atoms with Gasteiger partial charge in [-0.05, 0) is 71.7 Å². The number of carbonyl (C=O) groups is 1. The molecule has 0 saturated heterocycles. The quantitative estimate of drug-likeness (QED) is 0.478. The van der Waals surface area contributed by atoms with Crippen molar-refractivity contribution in [3.05, 3.63) is 80.8 Å². The summed E-state index contributed by atoms with van der Waals surface area (Å²) in [6.07, 6.45) is 5.60. The summed E-state index contributed by atoms with van der Waals surface area (Å²) in [6, 6.07) is 15.2. The molecule has 1 fully saturated rings. The fourth-order valence-corrected chi connectivity index (χ4v) is 3.63. The minimum absolute atomic E-state index is 0.124. The second kappa shape index (κ2) is 8.04. The molecular formula is C24H24Cl2O. The molecule has 3 heteroatoms. The predicted octanol–water partition coefficient (Wildman–Crippen LogP) is 7.49. The van der Waals surface area contributed by atoms with Gasteiger partial charge >= 0.3 is 0 Å². The van der Waals surface area contributed by atoms with Gasteiger partial charge in [0.1, 0.15) is 0 Å². The number of hydrogen-bond acceptors (Lipinski definition) is 1. The summed E-state index contributed by atoms with van der Waals surface area (Å²) in [5.74, 6) is 0.549. The van der Waals surface area contributed by atoms with E-state index in [0.717, 1.165) is 35.1 Å². The van der Waals surface area contributed by atoms with E-state index in [9.17, 15) is 4.79 Å². The molecule has 0 aliphatic heterocycles. The minimum atomic E-state index is 0.124. The normalized spacial score (nSPS) is 21.1. The maximum atomic E-state index is 13.2. The molecule has 1 saturated carbocycles. The lowest BCUT2D eigenvalue weighted by Crippen LogP contribution is -2.29. The van der Waals surface area contributed by atoms with Gasteiger partial charge in [0.25, 0.3) is 0 Å². The maximum Gasteiger partial charge on any atom is 0.185 e. The number of Topliss-reactive ketones (excluding diaryl/α,β-unsaturated/α-hetero) is 1. The topological polar surface area (TPSA) is 17.1 Å². The average molecular weight is 399 g/mol. The minimum Gasteiger partial charge on any atom is -0.289 e. The molecule has 1 unspecified atom stereocenters. The molecule has 0 bridgehead atoms. The average Bonchev–Trinajstić information content (AvgIpc) is 2.61. The van der Waals surface area contributed by atoms with Crippen LogP contribution < -0.4 is 0 Å². The predicted molar refractivity (Wildman–Crippen MR) is 116 cm³/mol. The standard InChI is InChI=1S/C24H24Cl2O/c1-24(2,3)20-14-18(12-16-4-8-21(25)9-5-16)23(27)19(15-20)13-17-6-10-22(26)11-7-17/h4-13,20H,14-15H2,1-3H3/b18-12-,19-13+. The van der Waals surface area contributed by atoms with E-state index in [4.69, 9.17) is 23.2 Å². The van der Waals surface area contributed by atoms with Crippen molar-refractivity contribution in [1.82, 2.24) is 0 Å². The van der Waals surface area contributed by atoms with Gasteiger partial charge in [-0.25, -0.2) is 0 Å². The van der Waals surface area contributed by atoms with E-state index < -0.39 is 0 Å². The van der Waals surface area contributed by atoms with Crippen molar-refractivity contribution in [2.45, 2.75) is 33.6 Å². The Hall–Kier alpha value is -1.83. The number of hydrogen-bond donors (Lipinski definition) is 0. The van der Waals surface area contributed by atoms with Crippen LogP contribution in [0.15, 0.2) is 59.7 Å². The molecule has 1 atom stereocenters. The van der Waals surface area contributed by atoms with E-state index in [2.05, 4.69) is 20.8 Å². The van der Waals surface area contributed by atoms with E-state index in [1.165, 1.54) is 0 Å². The van der Waals surface area contributed by atoms with Crippen molar-refractivity contribution < 1.29 is 4.79 Å². The summed E-state index contributed by atoms with van der Waals surface area (Å²) in [5.41, 5.74) is 3.86. The summed E-state index contributed by atoms with van der Waals surface area (Å²) in [4.78, 5) is 13.2. The van der Waals surface area contributed by atoms with Crippen LogP contribution in [-0.2, 0) is 4.79 Å². The van der Waals surface area contributed by atoms with Gasteiger partial charge < -0.3 is 0 Å². The lowest BCUT2D eigenvalue weighted by molar-refractivity contribution is -0.113. The Balaban J connectivity index is 1.99. The fourth-order valence-electron chi connectivity index (χ4n) is 3.38. The van der Waals surface area contributed by atoms with Crippen LogP contribution in [0, 0.1) is 11.3 Å². The Labute approximate surface area is 171 Å². The largest absolute Gasteiger partial charge is 0.289 e. The summed E-state index contributed by atoms with van der Waals surface area (Å²) in [7, 11) is 0. The molecule has 0 aromatic heterocycles. The van der Waals surface area contributed by atoms with E-state index in [-0.39, 0.29) is 11.2 Å². The monoisotopic (exact) mass is 398 g/mol. The third kappa shape index (κ3) is 5.12. The smallest absolute Gasteiger partial charge is 0.185 e. The van der Waals surface area contributed by atoms with Gasteiger partial charge in [-0.1, -0.05) is 68.2 Å². The molecule has 27 heavy (non-hydrogen) atoms. The third-order valence-electron chi connectivity index (χ3n) is 5.16. The van der Waals surface area contributed by atoms with Crippen molar-refractivity contribution in [2.75, 3.05) is 0 Å². The number of halogens is 2. The SMILES string of the molecule is CC(C)(C)C1C/C(=C/c2ccc(Cl)cc2)C(=O)/C(=C/c2ccc(Cl)cc2)C1. The van der Waals surface area contributed by atoms with E-state index in [1.54, 1.807) is 0 Å². The van der Waals surface area contributed by atoms with Gasteiger partial charge in [-0.3, -0.25) is 4.79 Å². The molecule has 0 amide bonds. The first-order valence-corrected chi connectivity index (χ1v) is 9.95. The van der Waals surface area contributed by atoms with Gasteiger partial charge in [-0.15, -0.1) is 0 Å². The van der Waals surface area contributed by atoms with Crippen LogP contribution in [0.25, 0.3) is 12.2 Å². The number of rotatable bonds is 2. The Morgan fingerprint density at radius 3 is 1.48 bits per heavy atom. The second-order valence-electron chi connectivity index (χ2n) is 8.24. The lowest BCUT2D eigenvalue weighted by atomic mass is 9.68. The van der Waals surface area contributed by atoms with E-state index in [0.29, 0.717) is 16.0 Å². The fraction of sp³-hybridized carbons (Fsp3) is 0.292. The molecule has 1 aliphatic rings. The highest BCUT2D eigenvalue weighted by atomic mass is 35.5. The first kappa shape index (κ1) is 19.9. The number of ketones is 1. The molecule has 0 heterocycles. The first-order chi connectivity index (χ1) is 12.7. The number of benzene rings is 2. The molecule has 0 N–H and O–H groups in total. The zero-order chi connectivity index (χ0) is 19.6. The molecule has 0 spiro atoms. The van der Waals surface area contributed by atoms with Crippen molar-refractivity contribution >= 4 is 41.1 Å². The van der Waals surface area contributed by atoms with Gasteiger partial charge in [-0.2, -0.15) is 0 Å². The zero-order valence-corrected chi connectivity index (χ0v) is 17.4. The van der Waals surface area contributed by atoms with Crippen LogP contribution in [0.3, 0.4) is 0 Å². The van der Waals surface area contributed by atoms with Gasteiger partial charge in [0.15, 0.2) is 5.78 Å². The number of allylic oxidation sites excluding steroid dienone is 2. The van der Waals surface area contributed by atoms with Crippen LogP contribution in [0.4, 0.5) is 0 Å². The van der Waals surface area contributed by atoms with E-state index in [1.807, 2.05) is 60.7 Å². The van der Waals surface area contributed by atoms with E-state index >= 15 is 0 Å². The lowest BCUT2D eigenvalue weighted by Gasteiger charge is -2.35. The van der Waals surface area contributed by atoms with Gasteiger partial charge in [0.2, 0.25) is 0 Å². The molecule has 3 rings (SSSR count). The second-order valence-corrected chi connectivity index (χ2v) is 9.12. The van der Waals surface area contributed by atoms with Crippen LogP contribution in [0.5, 0.6) is 0 Å². The Bertz CT molecular complexity index is 814. The highest BCUT2D eigenvalue weighted by Gasteiger charge is 2.34. The Morgan fingerprint density at radius 1 is 0.778 bits per heavy atom. The third-order valence-corrected chi connectivity index (χ3v) is 5.67. The Kier molecular flexibility index (Phi) is 5.93. The first-order valence-electron chi connectivity index (χ1n) is 9.19. The highest BCUT2D eigenvalue weighted by molar-refractivity contribution is 6.30. The molecule has 1 aliphatic carbocycles. The van der Waals surface area contributed by atoms with Crippen LogP contribution in [0.2, 0.25) is 10.0 Å². The van der Waals surface area contributed by atoms with Gasteiger partial charge in [0, 0.05) is 21.2 Å². The van der Waals surface area contributed by atoms with Crippen molar-refractivity contribution in [3.63, 3.8) is 0 Å². The summed E-state index contributed by atoms with van der Waals surface area (Å²) in [5, 5.41) is 1.39. The molecule has 1 nitrogen and oxygen atoms in total. The van der Waals surface area contributed by atoms with Crippen molar-refractivity contribution in [2.24, 2.45) is 11.3 Å². The molecule has 2 aromatic rings. The zero-order valence-electron chi connectivity index (χ0n) is 15.9. The molecular weight excluding hydrogens is 375 g/mol. The Morgan fingerprint density at radius 2 is 1.15 bits per heavy atom. The van der Waals surface area contributed by atoms with Crippen molar-refractivity contribution in [1.29, 1.82) is 0 Å². The summed E-state index contributed by atoms with van der Waals surface area (Å²) < 4.78 is 0. The van der Waals surface area contributed by atoms with Gasteiger partial charge in [0.05, 0.1) is 0 Å². The van der Waals surface area contributed by atoms with Crippen LogP contribution >= 0.6 is 23.2 Å². The number of carbonyl (C=O) groups excluding carboxylic acids is 1. The highest BCUT2D eigenvalue weighted by Crippen LogP contribution is 2.42. The summed E-state index contributed by atoms with van der Waals surface area (Å²) >= 11 is 12.0. The van der Waals surface area contributed by atoms with Crippen LogP contribution in [-0.4, -0.2) is 5.78 Å².